The molecule has 0 spiro atoms. The summed E-state index contributed by atoms with van der Waals surface area (Å²) in [4.78, 5) is 25.9. The Hall–Kier alpha value is -2.78. The van der Waals surface area contributed by atoms with Crippen molar-refractivity contribution in [2.45, 2.75) is 13.3 Å². The number of amides is 1. The Balaban J connectivity index is 0.000000751. The molecule has 0 fully saturated rings. The van der Waals surface area contributed by atoms with Crippen molar-refractivity contribution in [2.75, 3.05) is 5.32 Å². The van der Waals surface area contributed by atoms with Gasteiger partial charge < -0.3 is 5.11 Å². The molecule has 0 aromatic heterocycles. The van der Waals surface area contributed by atoms with Crippen LogP contribution in [-0.2, 0) is 9.59 Å². The quantitative estimate of drug-likeness (QED) is 0.387. The van der Waals surface area contributed by atoms with Crippen molar-refractivity contribution in [3.63, 3.8) is 0 Å². The van der Waals surface area contributed by atoms with Crippen LogP contribution in [0.3, 0.4) is 0 Å². The van der Waals surface area contributed by atoms with E-state index in [1.54, 1.807) is 18.2 Å². The molecular weight excluding hydrogens is 469 g/mol. The van der Waals surface area contributed by atoms with Gasteiger partial charge in [0.05, 0.1) is 0 Å². The summed E-state index contributed by atoms with van der Waals surface area (Å²) in [7, 11) is 0. The number of carbonyl (C=O) groups excluding carboxylic acids is 1. The van der Waals surface area contributed by atoms with Crippen molar-refractivity contribution in [3.8, 4) is 11.1 Å². The molecule has 168 valence electrons. The predicted octanol–water partition coefficient (Wildman–Crippen LogP) is 5.26. The van der Waals surface area contributed by atoms with E-state index in [9.17, 15) is 13.6 Å². The molecule has 1 amide bonds. The third-order valence-electron chi connectivity index (χ3n) is 4.63. The van der Waals surface area contributed by atoms with Crippen LogP contribution in [0.25, 0.3) is 17.2 Å². The SMILES string of the molecule is CC(=O)O.O=C1N=C(Nc2cc[c]([Na])cc2)S/C1=C/c1ccc(-c2ccc(C(F)F)cc2)cc1. The van der Waals surface area contributed by atoms with Crippen molar-refractivity contribution >= 4 is 71.3 Å². The molecule has 3 aromatic rings. The van der Waals surface area contributed by atoms with Gasteiger partial charge in [0.15, 0.2) is 0 Å². The molecule has 0 atom stereocenters. The molecule has 0 radical (unpaired) electrons. The van der Waals surface area contributed by atoms with Crippen LogP contribution < -0.4 is 8.13 Å². The average Bonchev–Trinajstić information content (AvgIpc) is 3.14. The van der Waals surface area contributed by atoms with E-state index in [0.717, 1.165) is 57.2 Å². The normalized spacial score (nSPS) is 14.0. The number of hydrogen-bond acceptors (Lipinski definition) is 4. The minimum absolute atomic E-state index is 0.00813. The van der Waals surface area contributed by atoms with Crippen LogP contribution in [0.5, 0.6) is 0 Å². The molecule has 2 N–H and O–H groups in total. The van der Waals surface area contributed by atoms with Crippen LogP contribution in [0.2, 0.25) is 0 Å². The van der Waals surface area contributed by atoms with Gasteiger partial charge in [-0.2, -0.15) is 0 Å². The maximum atomic E-state index is 12.7. The maximum absolute atomic E-state index is 12.7. The number of carbonyl (C=O) groups is 2. The number of alkyl halides is 2. The number of amidine groups is 1. The number of anilines is 1. The zero-order chi connectivity index (χ0) is 24.7. The molecule has 1 heterocycles. The Labute approximate surface area is 217 Å². The van der Waals surface area contributed by atoms with Crippen molar-refractivity contribution < 1.29 is 23.5 Å². The third-order valence-corrected chi connectivity index (χ3v) is 6.19. The van der Waals surface area contributed by atoms with Gasteiger partial charge in [-0.1, -0.05) is 24.3 Å². The number of halogens is 2. The fraction of sp³-hybridized carbons (Fsp3) is 0.0800. The van der Waals surface area contributed by atoms with Gasteiger partial charge >= 0.3 is 139 Å². The van der Waals surface area contributed by atoms with Gasteiger partial charge in [-0.15, -0.1) is 0 Å². The van der Waals surface area contributed by atoms with E-state index in [1.807, 2.05) is 36.4 Å². The van der Waals surface area contributed by atoms with Crippen LogP contribution in [0.4, 0.5) is 14.5 Å². The van der Waals surface area contributed by atoms with Gasteiger partial charge in [0.1, 0.15) is 0 Å². The first-order valence-electron chi connectivity index (χ1n) is 10.3. The summed E-state index contributed by atoms with van der Waals surface area (Å²) in [5.74, 6) is -1.10. The average molecular weight is 488 g/mol. The van der Waals surface area contributed by atoms with E-state index in [-0.39, 0.29) is 11.5 Å². The van der Waals surface area contributed by atoms with Crippen molar-refractivity contribution in [3.05, 3.63) is 88.8 Å². The first-order chi connectivity index (χ1) is 16.2. The van der Waals surface area contributed by atoms with Crippen LogP contribution in [-0.4, -0.2) is 50.1 Å². The van der Waals surface area contributed by atoms with Crippen molar-refractivity contribution in [2.24, 2.45) is 4.99 Å². The van der Waals surface area contributed by atoms with Crippen LogP contribution >= 0.6 is 11.8 Å². The predicted molar refractivity (Wildman–Crippen MR) is 134 cm³/mol. The van der Waals surface area contributed by atoms with E-state index in [4.69, 9.17) is 9.90 Å². The molecule has 5 nitrogen and oxygen atoms in total. The number of nitrogens with one attached hydrogen (secondary N) is 1. The molecule has 34 heavy (non-hydrogen) atoms. The fourth-order valence-electron chi connectivity index (χ4n) is 2.97. The van der Waals surface area contributed by atoms with E-state index in [2.05, 4.69) is 22.4 Å². The summed E-state index contributed by atoms with van der Waals surface area (Å²) in [6.45, 7) is 1.08. The summed E-state index contributed by atoms with van der Waals surface area (Å²) >= 11 is 2.30. The van der Waals surface area contributed by atoms with Gasteiger partial charge in [-0.3, -0.25) is 4.79 Å². The monoisotopic (exact) mass is 488 g/mol. The number of benzene rings is 3. The molecule has 4 rings (SSSR count). The first kappa shape index (κ1) is 25.8. The number of carboxylic acid groups (broad SMARTS) is 1. The zero-order valence-electron chi connectivity index (χ0n) is 18.5. The zero-order valence-corrected chi connectivity index (χ0v) is 21.3. The van der Waals surface area contributed by atoms with E-state index in [1.165, 1.54) is 26.7 Å². The van der Waals surface area contributed by atoms with Gasteiger partial charge in [-0.25, -0.2) is 8.78 Å². The Morgan fingerprint density at radius 2 is 1.53 bits per heavy atom. The van der Waals surface area contributed by atoms with Crippen molar-refractivity contribution in [1.82, 2.24) is 0 Å². The molecular formula is C25H19F2N2NaO3S. The summed E-state index contributed by atoms with van der Waals surface area (Å²) in [6.07, 6.45) is -0.668. The van der Waals surface area contributed by atoms with E-state index in [0.29, 0.717) is 10.1 Å². The molecule has 0 bridgehead atoms. The first-order valence-corrected chi connectivity index (χ1v) is 12.1. The van der Waals surface area contributed by atoms with Crippen LogP contribution in [0.1, 0.15) is 24.5 Å². The summed E-state index contributed by atoms with van der Waals surface area (Å²) in [5.41, 5.74) is 3.56. The molecule has 0 saturated heterocycles. The molecule has 0 aliphatic carbocycles. The third kappa shape index (κ3) is 7.63. The molecule has 0 unspecified atom stereocenters. The summed E-state index contributed by atoms with van der Waals surface area (Å²) in [5, 5.41) is 11.1. The Morgan fingerprint density at radius 1 is 1.00 bits per heavy atom. The Morgan fingerprint density at radius 3 is 2.06 bits per heavy atom. The number of hydrogen-bond donors (Lipinski definition) is 2. The number of nitrogens with zero attached hydrogens (tertiary/aromatic N) is 1. The Kier molecular flexibility index (Phi) is 9.18. The number of aliphatic carboxylic acids is 1. The van der Waals surface area contributed by atoms with Crippen molar-refractivity contribution in [1.29, 1.82) is 0 Å². The fourth-order valence-corrected chi connectivity index (χ4v) is 4.13. The molecule has 9 heteroatoms. The van der Waals surface area contributed by atoms with E-state index < -0.39 is 12.4 Å². The summed E-state index contributed by atoms with van der Waals surface area (Å²) < 4.78 is 26.7. The number of rotatable bonds is 4. The number of thioether (sulfide) groups is 1. The second-order valence-corrected chi connectivity index (χ2v) is 9.57. The molecule has 3 aromatic carbocycles. The van der Waals surface area contributed by atoms with Gasteiger partial charge in [-0.05, 0) is 11.1 Å². The van der Waals surface area contributed by atoms with Crippen LogP contribution in [0, 0.1) is 0 Å². The Bertz CT molecular complexity index is 1220. The minimum atomic E-state index is -2.47. The van der Waals surface area contributed by atoms with Crippen LogP contribution in [0.15, 0.2) is 82.7 Å². The molecule has 1 aliphatic heterocycles. The number of aliphatic imine (C=N–C) groups is 1. The van der Waals surface area contributed by atoms with Gasteiger partial charge in [0.2, 0.25) is 0 Å². The second kappa shape index (κ2) is 12.1. The topological polar surface area (TPSA) is 78.8 Å². The number of carboxylic acids is 1. The van der Waals surface area contributed by atoms with Gasteiger partial charge in [0.25, 0.3) is 12.4 Å². The summed E-state index contributed by atoms with van der Waals surface area (Å²) in [6, 6.07) is 21.9. The standard InChI is InChI=1S/C23H15F2N2OS.C2H4O2.Na/c24-21(25)18-12-10-17(11-13-18)16-8-6-15(7-9-16)14-20-22(28)27-23(29-20)26-19-4-2-1-3-5-19;1-2(3)4;/h2-14,21H,(H,26,27,28);1H3,(H,3,4);/b20-14+;;. The second-order valence-electron chi connectivity index (χ2n) is 7.39. The van der Waals surface area contributed by atoms with Gasteiger partial charge in [0, 0.05) is 12.5 Å². The molecule has 1 aliphatic rings. The molecule has 0 saturated carbocycles. The van der Waals surface area contributed by atoms with E-state index >= 15 is 0 Å².